The van der Waals surface area contributed by atoms with Crippen molar-refractivity contribution in [2.75, 3.05) is 5.32 Å². The summed E-state index contributed by atoms with van der Waals surface area (Å²) in [7, 11) is 0. The van der Waals surface area contributed by atoms with Crippen LogP contribution in [0.5, 0.6) is 11.5 Å². The molecule has 3 rings (SSSR count). The number of amides is 2. The summed E-state index contributed by atoms with van der Waals surface area (Å²) >= 11 is 1.22. The standard InChI is InChI=1S/C15H15N3O4S/c1-8-13(22-11-5-3-2-4-10(11)21-8)14(20)18-15-17-9(7-23-15)6-12(16)19/h2-5,7-8,13H,6H2,1H3,(H2,16,19)(H,17,18,20)/t8-,13-/m1/s1. The molecule has 2 aromatic rings. The number of anilines is 1. The van der Waals surface area contributed by atoms with E-state index >= 15 is 0 Å². The molecule has 0 bridgehead atoms. The summed E-state index contributed by atoms with van der Waals surface area (Å²) in [5, 5.41) is 4.75. The van der Waals surface area contributed by atoms with E-state index in [1.54, 1.807) is 24.4 Å². The van der Waals surface area contributed by atoms with E-state index in [0.717, 1.165) is 0 Å². The van der Waals surface area contributed by atoms with E-state index in [1.807, 2.05) is 12.1 Å². The summed E-state index contributed by atoms with van der Waals surface area (Å²) in [5.74, 6) is 0.316. The zero-order valence-electron chi connectivity index (χ0n) is 12.3. The second-order valence-electron chi connectivity index (χ2n) is 5.08. The van der Waals surface area contributed by atoms with Gasteiger partial charge >= 0.3 is 0 Å². The Morgan fingerprint density at radius 2 is 2.00 bits per heavy atom. The largest absolute Gasteiger partial charge is 0.482 e. The lowest BCUT2D eigenvalue weighted by molar-refractivity contribution is -0.128. The van der Waals surface area contributed by atoms with E-state index < -0.39 is 18.1 Å². The van der Waals surface area contributed by atoms with E-state index in [4.69, 9.17) is 15.2 Å². The Kier molecular flexibility index (Phi) is 4.16. The van der Waals surface area contributed by atoms with Gasteiger partial charge in [0.15, 0.2) is 16.6 Å². The molecule has 0 fully saturated rings. The van der Waals surface area contributed by atoms with Crippen molar-refractivity contribution >= 4 is 28.3 Å². The first-order valence-electron chi connectivity index (χ1n) is 6.99. The predicted octanol–water partition coefficient (Wildman–Crippen LogP) is 1.34. The molecule has 0 saturated carbocycles. The molecule has 1 aromatic carbocycles. The molecule has 2 atom stereocenters. The van der Waals surface area contributed by atoms with E-state index in [2.05, 4.69) is 10.3 Å². The van der Waals surface area contributed by atoms with Gasteiger partial charge in [-0.05, 0) is 19.1 Å². The highest BCUT2D eigenvalue weighted by atomic mass is 32.1. The molecular weight excluding hydrogens is 318 g/mol. The Morgan fingerprint density at radius 3 is 2.70 bits per heavy atom. The average molecular weight is 333 g/mol. The predicted molar refractivity (Wildman–Crippen MR) is 84.6 cm³/mol. The molecule has 1 aromatic heterocycles. The van der Waals surface area contributed by atoms with E-state index in [0.29, 0.717) is 22.3 Å². The topological polar surface area (TPSA) is 104 Å². The molecule has 2 amide bonds. The van der Waals surface area contributed by atoms with Gasteiger partial charge < -0.3 is 15.2 Å². The van der Waals surface area contributed by atoms with Crippen LogP contribution in [0.2, 0.25) is 0 Å². The zero-order valence-corrected chi connectivity index (χ0v) is 13.1. The number of nitrogens with two attached hydrogens (primary N) is 1. The third-order valence-corrected chi connectivity index (χ3v) is 4.04. The number of thiazole rings is 1. The van der Waals surface area contributed by atoms with Crippen molar-refractivity contribution in [3.05, 3.63) is 35.3 Å². The van der Waals surface area contributed by atoms with Crippen LogP contribution >= 0.6 is 11.3 Å². The third-order valence-electron chi connectivity index (χ3n) is 3.24. The van der Waals surface area contributed by atoms with E-state index in [9.17, 15) is 9.59 Å². The molecular formula is C15H15N3O4S. The second-order valence-corrected chi connectivity index (χ2v) is 5.94. The van der Waals surface area contributed by atoms with Crippen molar-refractivity contribution in [3.8, 4) is 11.5 Å². The molecule has 0 aliphatic carbocycles. The van der Waals surface area contributed by atoms with Crippen LogP contribution in [0.1, 0.15) is 12.6 Å². The fraction of sp³-hybridized carbons (Fsp3) is 0.267. The van der Waals surface area contributed by atoms with Gasteiger partial charge in [-0.3, -0.25) is 14.9 Å². The number of para-hydroxylation sites is 2. The summed E-state index contributed by atoms with van der Waals surface area (Å²) in [5.41, 5.74) is 5.64. The van der Waals surface area contributed by atoms with Crippen LogP contribution in [0.4, 0.5) is 5.13 Å². The number of carbonyl (C=O) groups is 2. The normalized spacial score (nSPS) is 19.2. The number of benzene rings is 1. The Labute approximate surface area is 136 Å². The maximum Gasteiger partial charge on any atom is 0.271 e. The molecule has 0 unspecified atom stereocenters. The molecule has 8 heteroatoms. The van der Waals surface area contributed by atoms with Gasteiger partial charge in [0.05, 0.1) is 12.1 Å². The summed E-state index contributed by atoms with van der Waals surface area (Å²) in [6, 6.07) is 7.18. The van der Waals surface area contributed by atoms with Crippen LogP contribution in [0, 0.1) is 0 Å². The first-order chi connectivity index (χ1) is 11.0. The monoisotopic (exact) mass is 333 g/mol. The minimum atomic E-state index is -0.784. The number of hydrogen-bond donors (Lipinski definition) is 2. The Bertz CT molecular complexity index is 746. The molecule has 3 N–H and O–H groups in total. The maximum atomic E-state index is 12.4. The Morgan fingerprint density at radius 1 is 1.30 bits per heavy atom. The smallest absolute Gasteiger partial charge is 0.271 e. The summed E-state index contributed by atoms with van der Waals surface area (Å²) in [6.45, 7) is 1.76. The highest BCUT2D eigenvalue weighted by molar-refractivity contribution is 7.13. The molecule has 0 saturated heterocycles. The fourth-order valence-electron chi connectivity index (χ4n) is 2.21. The van der Waals surface area contributed by atoms with Crippen molar-refractivity contribution in [3.63, 3.8) is 0 Å². The number of carbonyl (C=O) groups excluding carboxylic acids is 2. The van der Waals surface area contributed by atoms with Crippen molar-refractivity contribution in [1.29, 1.82) is 0 Å². The van der Waals surface area contributed by atoms with Gasteiger partial charge in [0.25, 0.3) is 5.91 Å². The minimum Gasteiger partial charge on any atom is -0.482 e. The number of hydrogen-bond acceptors (Lipinski definition) is 6. The zero-order chi connectivity index (χ0) is 16.4. The number of rotatable bonds is 4. The van der Waals surface area contributed by atoms with Crippen molar-refractivity contribution in [2.24, 2.45) is 5.73 Å². The molecule has 0 radical (unpaired) electrons. The lowest BCUT2D eigenvalue weighted by Gasteiger charge is -2.30. The number of ether oxygens (including phenoxy) is 2. The number of aromatic nitrogens is 1. The molecule has 23 heavy (non-hydrogen) atoms. The quantitative estimate of drug-likeness (QED) is 0.879. The van der Waals surface area contributed by atoms with Gasteiger partial charge in [0.2, 0.25) is 12.0 Å². The molecule has 0 spiro atoms. The van der Waals surface area contributed by atoms with Crippen LogP contribution < -0.4 is 20.5 Å². The van der Waals surface area contributed by atoms with Crippen LogP contribution in [0.25, 0.3) is 0 Å². The van der Waals surface area contributed by atoms with Gasteiger partial charge in [0.1, 0.15) is 6.10 Å². The van der Waals surface area contributed by atoms with Crippen molar-refractivity contribution < 1.29 is 19.1 Å². The van der Waals surface area contributed by atoms with Crippen LogP contribution in [-0.4, -0.2) is 29.0 Å². The van der Waals surface area contributed by atoms with Crippen LogP contribution in [0.3, 0.4) is 0 Å². The second kappa shape index (κ2) is 6.25. The summed E-state index contributed by atoms with van der Waals surface area (Å²) in [4.78, 5) is 27.4. The Balaban J connectivity index is 1.69. The molecule has 120 valence electrons. The maximum absolute atomic E-state index is 12.4. The fourth-order valence-corrected chi connectivity index (χ4v) is 2.92. The van der Waals surface area contributed by atoms with Crippen molar-refractivity contribution in [2.45, 2.75) is 25.6 Å². The lowest BCUT2D eigenvalue weighted by Crippen LogP contribution is -2.46. The summed E-state index contributed by atoms with van der Waals surface area (Å²) < 4.78 is 11.4. The Hall–Kier alpha value is -2.61. The van der Waals surface area contributed by atoms with Gasteiger partial charge in [-0.1, -0.05) is 12.1 Å². The van der Waals surface area contributed by atoms with Crippen LogP contribution in [0.15, 0.2) is 29.6 Å². The van der Waals surface area contributed by atoms with E-state index in [-0.39, 0.29) is 12.3 Å². The molecule has 1 aliphatic rings. The third kappa shape index (κ3) is 3.42. The van der Waals surface area contributed by atoms with Crippen LogP contribution in [-0.2, 0) is 16.0 Å². The van der Waals surface area contributed by atoms with Gasteiger partial charge in [-0.15, -0.1) is 11.3 Å². The number of nitrogens with one attached hydrogen (secondary N) is 1. The number of nitrogens with zero attached hydrogens (tertiary/aromatic N) is 1. The lowest BCUT2D eigenvalue weighted by atomic mass is 10.1. The molecule has 1 aliphatic heterocycles. The van der Waals surface area contributed by atoms with E-state index in [1.165, 1.54) is 11.3 Å². The first-order valence-corrected chi connectivity index (χ1v) is 7.87. The van der Waals surface area contributed by atoms with Gasteiger partial charge in [0, 0.05) is 5.38 Å². The number of primary amides is 1. The summed E-state index contributed by atoms with van der Waals surface area (Å²) in [6.07, 6.45) is -1.18. The highest BCUT2D eigenvalue weighted by Crippen LogP contribution is 2.33. The van der Waals surface area contributed by atoms with Gasteiger partial charge in [-0.2, -0.15) is 0 Å². The molecule has 7 nitrogen and oxygen atoms in total. The minimum absolute atomic E-state index is 0.0409. The SMILES string of the molecule is C[C@H]1Oc2ccccc2O[C@H]1C(=O)Nc1nc(CC(N)=O)cs1. The first kappa shape index (κ1) is 15.3. The molecule has 2 heterocycles. The highest BCUT2D eigenvalue weighted by Gasteiger charge is 2.34. The van der Waals surface area contributed by atoms with Crippen molar-refractivity contribution in [1.82, 2.24) is 4.98 Å². The van der Waals surface area contributed by atoms with Gasteiger partial charge in [-0.25, -0.2) is 4.98 Å². The average Bonchev–Trinajstić information content (AvgIpc) is 2.92. The number of fused-ring (bicyclic) bond motifs is 1.